The molecule has 0 bridgehead atoms. The molecule has 98 valence electrons. The Labute approximate surface area is 106 Å². The molecule has 0 radical (unpaired) electrons. The standard InChI is InChI=1S/C11H12F3N3S/c1-6-16-8-4-9(7(15)3-10(8)18-6)17(2)5-11(12,13)14/h3-4H,5,15H2,1-2H3. The van der Waals surface area contributed by atoms with Crippen LogP contribution in [0.1, 0.15) is 5.01 Å². The summed E-state index contributed by atoms with van der Waals surface area (Å²) in [6, 6.07) is 3.27. The first kappa shape index (κ1) is 12.9. The van der Waals surface area contributed by atoms with E-state index in [1.54, 1.807) is 12.1 Å². The highest BCUT2D eigenvalue weighted by Crippen LogP contribution is 2.32. The maximum absolute atomic E-state index is 12.3. The van der Waals surface area contributed by atoms with Crippen LogP contribution in [0.15, 0.2) is 12.1 Å². The molecule has 1 aromatic carbocycles. The van der Waals surface area contributed by atoms with Crippen molar-refractivity contribution in [1.29, 1.82) is 0 Å². The minimum absolute atomic E-state index is 0.331. The third kappa shape index (κ3) is 2.66. The molecule has 0 aliphatic carbocycles. The Bertz CT molecular complexity index is 577. The van der Waals surface area contributed by atoms with Gasteiger partial charge in [0.1, 0.15) is 6.54 Å². The fraction of sp³-hybridized carbons (Fsp3) is 0.364. The number of alkyl halides is 3. The zero-order valence-corrected chi connectivity index (χ0v) is 10.7. The van der Waals surface area contributed by atoms with Crippen LogP contribution in [-0.4, -0.2) is 24.8 Å². The Morgan fingerprint density at radius 2 is 2.06 bits per heavy atom. The molecule has 0 aliphatic rings. The van der Waals surface area contributed by atoms with Crippen LogP contribution in [0.3, 0.4) is 0 Å². The van der Waals surface area contributed by atoms with Crippen LogP contribution in [-0.2, 0) is 0 Å². The van der Waals surface area contributed by atoms with Crippen molar-refractivity contribution in [2.45, 2.75) is 13.1 Å². The van der Waals surface area contributed by atoms with Gasteiger partial charge in [0.15, 0.2) is 0 Å². The second-order valence-electron chi connectivity index (χ2n) is 4.08. The van der Waals surface area contributed by atoms with Gasteiger partial charge >= 0.3 is 6.18 Å². The summed E-state index contributed by atoms with van der Waals surface area (Å²) in [5.41, 5.74) is 7.15. The predicted molar refractivity (Wildman–Crippen MR) is 68.1 cm³/mol. The van der Waals surface area contributed by atoms with E-state index in [-0.39, 0.29) is 0 Å². The van der Waals surface area contributed by atoms with Crippen molar-refractivity contribution in [1.82, 2.24) is 4.98 Å². The normalized spacial score (nSPS) is 12.1. The maximum atomic E-state index is 12.3. The summed E-state index contributed by atoms with van der Waals surface area (Å²) < 4.78 is 37.9. The highest BCUT2D eigenvalue weighted by Gasteiger charge is 2.30. The molecule has 18 heavy (non-hydrogen) atoms. The van der Waals surface area contributed by atoms with Crippen molar-refractivity contribution >= 4 is 32.9 Å². The van der Waals surface area contributed by atoms with Crippen LogP contribution in [0, 0.1) is 6.92 Å². The van der Waals surface area contributed by atoms with Crippen LogP contribution >= 0.6 is 11.3 Å². The summed E-state index contributed by atoms with van der Waals surface area (Å²) in [6.07, 6.45) is -4.26. The van der Waals surface area contributed by atoms with Gasteiger partial charge in [-0.15, -0.1) is 11.3 Å². The van der Waals surface area contributed by atoms with Gasteiger partial charge in [-0.2, -0.15) is 13.2 Å². The minimum atomic E-state index is -4.26. The van der Waals surface area contributed by atoms with E-state index in [4.69, 9.17) is 5.73 Å². The molecule has 0 amide bonds. The number of fused-ring (bicyclic) bond motifs is 1. The van der Waals surface area contributed by atoms with E-state index in [2.05, 4.69) is 4.98 Å². The molecule has 0 spiro atoms. The van der Waals surface area contributed by atoms with Crippen molar-refractivity contribution in [2.75, 3.05) is 24.2 Å². The second kappa shape index (κ2) is 4.31. The highest BCUT2D eigenvalue weighted by molar-refractivity contribution is 7.18. The SMILES string of the molecule is Cc1nc2cc(N(C)CC(F)(F)F)c(N)cc2s1. The average Bonchev–Trinajstić information content (AvgIpc) is 2.53. The third-order valence-corrected chi connectivity index (χ3v) is 3.41. The van der Waals surface area contributed by atoms with Gasteiger partial charge in [-0.1, -0.05) is 0 Å². The van der Waals surface area contributed by atoms with Gasteiger partial charge in [0, 0.05) is 7.05 Å². The fourth-order valence-corrected chi connectivity index (χ4v) is 2.64. The van der Waals surface area contributed by atoms with E-state index in [1.165, 1.54) is 18.4 Å². The quantitative estimate of drug-likeness (QED) is 0.856. The summed E-state index contributed by atoms with van der Waals surface area (Å²) in [7, 11) is 1.37. The van der Waals surface area contributed by atoms with Gasteiger partial charge in [-0.3, -0.25) is 0 Å². The number of hydrogen-bond donors (Lipinski definition) is 1. The Kier molecular flexibility index (Phi) is 3.10. The average molecular weight is 275 g/mol. The minimum Gasteiger partial charge on any atom is -0.397 e. The summed E-state index contributed by atoms with van der Waals surface area (Å²) >= 11 is 1.47. The molecule has 0 aliphatic heterocycles. The van der Waals surface area contributed by atoms with E-state index in [1.807, 2.05) is 6.92 Å². The van der Waals surface area contributed by atoms with Crippen molar-refractivity contribution in [3.05, 3.63) is 17.1 Å². The molecule has 1 heterocycles. The zero-order chi connectivity index (χ0) is 13.5. The molecule has 0 saturated carbocycles. The lowest BCUT2D eigenvalue weighted by Crippen LogP contribution is -2.31. The summed E-state index contributed by atoms with van der Waals surface area (Å²) in [5.74, 6) is 0. The first-order valence-electron chi connectivity index (χ1n) is 5.21. The Morgan fingerprint density at radius 1 is 1.39 bits per heavy atom. The van der Waals surface area contributed by atoms with Crippen molar-refractivity contribution < 1.29 is 13.2 Å². The molecule has 7 heteroatoms. The molecular formula is C11H12F3N3S. The second-order valence-corrected chi connectivity index (χ2v) is 5.32. The topological polar surface area (TPSA) is 42.2 Å². The largest absolute Gasteiger partial charge is 0.405 e. The van der Waals surface area contributed by atoms with Gasteiger partial charge in [0.2, 0.25) is 0 Å². The Hall–Kier alpha value is -1.50. The zero-order valence-electron chi connectivity index (χ0n) is 9.88. The van der Waals surface area contributed by atoms with E-state index < -0.39 is 12.7 Å². The van der Waals surface area contributed by atoms with E-state index in [0.29, 0.717) is 16.9 Å². The lowest BCUT2D eigenvalue weighted by Gasteiger charge is -2.22. The summed E-state index contributed by atoms with van der Waals surface area (Å²) in [6.45, 7) is 0.811. The lowest BCUT2D eigenvalue weighted by atomic mass is 10.2. The number of anilines is 2. The molecule has 2 aromatic rings. The summed E-state index contributed by atoms with van der Waals surface area (Å²) in [5, 5.41) is 0.861. The first-order chi connectivity index (χ1) is 8.26. The van der Waals surface area contributed by atoms with Crippen LogP contribution in [0.2, 0.25) is 0 Å². The van der Waals surface area contributed by atoms with Crippen LogP contribution in [0.5, 0.6) is 0 Å². The number of thiazole rings is 1. The maximum Gasteiger partial charge on any atom is 0.405 e. The molecule has 1 aromatic heterocycles. The molecule has 0 atom stereocenters. The molecule has 3 nitrogen and oxygen atoms in total. The number of nitrogens with zero attached hydrogens (tertiary/aromatic N) is 2. The lowest BCUT2D eigenvalue weighted by molar-refractivity contribution is -0.119. The number of nitrogen functional groups attached to an aromatic ring is 1. The Balaban J connectivity index is 2.40. The predicted octanol–water partition coefficient (Wildman–Crippen LogP) is 3.19. The van der Waals surface area contributed by atoms with Gasteiger partial charge in [-0.25, -0.2) is 4.98 Å². The number of rotatable bonds is 2. The van der Waals surface area contributed by atoms with Crippen LogP contribution < -0.4 is 10.6 Å². The van der Waals surface area contributed by atoms with E-state index >= 15 is 0 Å². The number of aryl methyl sites for hydroxylation is 1. The summed E-state index contributed by atoms with van der Waals surface area (Å²) in [4.78, 5) is 5.34. The fourth-order valence-electron chi connectivity index (χ4n) is 1.78. The number of aromatic nitrogens is 1. The molecule has 0 saturated heterocycles. The molecule has 2 rings (SSSR count). The molecule has 0 unspecified atom stereocenters. The van der Waals surface area contributed by atoms with Gasteiger partial charge in [0.05, 0.1) is 26.6 Å². The number of halogens is 3. The van der Waals surface area contributed by atoms with Gasteiger partial charge in [-0.05, 0) is 19.1 Å². The van der Waals surface area contributed by atoms with Gasteiger partial charge in [0.25, 0.3) is 0 Å². The molecule has 2 N–H and O–H groups in total. The number of hydrogen-bond acceptors (Lipinski definition) is 4. The van der Waals surface area contributed by atoms with E-state index in [0.717, 1.165) is 14.6 Å². The Morgan fingerprint density at radius 3 is 2.67 bits per heavy atom. The van der Waals surface area contributed by atoms with E-state index in [9.17, 15) is 13.2 Å². The van der Waals surface area contributed by atoms with Crippen LogP contribution in [0.4, 0.5) is 24.5 Å². The highest BCUT2D eigenvalue weighted by atomic mass is 32.1. The smallest absolute Gasteiger partial charge is 0.397 e. The molecule has 0 fully saturated rings. The van der Waals surface area contributed by atoms with Crippen molar-refractivity contribution in [2.24, 2.45) is 0 Å². The monoisotopic (exact) mass is 275 g/mol. The number of nitrogens with two attached hydrogens (primary N) is 1. The third-order valence-electron chi connectivity index (χ3n) is 2.47. The van der Waals surface area contributed by atoms with Crippen molar-refractivity contribution in [3.63, 3.8) is 0 Å². The number of benzene rings is 1. The first-order valence-corrected chi connectivity index (χ1v) is 6.02. The van der Waals surface area contributed by atoms with Gasteiger partial charge < -0.3 is 10.6 Å². The molecular weight excluding hydrogens is 263 g/mol. The van der Waals surface area contributed by atoms with Crippen LogP contribution in [0.25, 0.3) is 10.2 Å². The van der Waals surface area contributed by atoms with Crippen molar-refractivity contribution in [3.8, 4) is 0 Å².